The monoisotopic (exact) mass is 285 g/mol. The molecule has 1 amide bonds. The van der Waals surface area contributed by atoms with Crippen LogP contribution >= 0.6 is 11.3 Å². The summed E-state index contributed by atoms with van der Waals surface area (Å²) in [5.74, 6) is 0.0445. The summed E-state index contributed by atoms with van der Waals surface area (Å²) in [5.41, 5.74) is 1.18. The van der Waals surface area contributed by atoms with E-state index in [0.717, 1.165) is 4.88 Å². The van der Waals surface area contributed by atoms with Gasteiger partial charge in [-0.05, 0) is 31.2 Å². The molecule has 20 heavy (non-hydrogen) atoms. The van der Waals surface area contributed by atoms with Gasteiger partial charge in [-0.15, -0.1) is 11.3 Å². The second-order valence-electron chi connectivity index (χ2n) is 4.18. The van der Waals surface area contributed by atoms with E-state index in [-0.39, 0.29) is 5.91 Å². The van der Waals surface area contributed by atoms with E-state index in [2.05, 4.69) is 15.5 Å². The molecule has 3 aromatic heterocycles. The van der Waals surface area contributed by atoms with Crippen LogP contribution in [0.4, 0.5) is 5.88 Å². The van der Waals surface area contributed by atoms with Crippen LogP contribution in [0.15, 0.2) is 47.2 Å². The van der Waals surface area contributed by atoms with Gasteiger partial charge in [0.25, 0.3) is 5.91 Å². The highest BCUT2D eigenvalue weighted by molar-refractivity contribution is 7.15. The van der Waals surface area contributed by atoms with Crippen LogP contribution in [0.2, 0.25) is 0 Å². The first-order valence-electron chi connectivity index (χ1n) is 5.97. The average Bonchev–Trinajstić information content (AvgIpc) is 3.09. The number of pyridine rings is 1. The zero-order chi connectivity index (χ0) is 13.9. The van der Waals surface area contributed by atoms with Gasteiger partial charge in [0.1, 0.15) is 5.69 Å². The zero-order valence-corrected chi connectivity index (χ0v) is 11.5. The smallest absolute Gasteiger partial charge is 0.259 e. The number of aromatic nitrogens is 2. The van der Waals surface area contributed by atoms with Gasteiger partial charge in [0.05, 0.1) is 10.4 Å². The molecule has 0 aromatic carbocycles. The van der Waals surface area contributed by atoms with E-state index in [1.807, 2.05) is 19.1 Å². The Hall–Kier alpha value is -2.47. The van der Waals surface area contributed by atoms with Crippen molar-refractivity contribution in [3.05, 3.63) is 53.2 Å². The van der Waals surface area contributed by atoms with Gasteiger partial charge in [0, 0.05) is 23.3 Å². The lowest BCUT2D eigenvalue weighted by molar-refractivity contribution is 0.102. The molecule has 0 unspecified atom stereocenters. The molecule has 6 heteroatoms. The fraction of sp³-hybridized carbons (Fsp3) is 0.0714. The van der Waals surface area contributed by atoms with Crippen molar-refractivity contribution >= 4 is 23.1 Å². The topological polar surface area (TPSA) is 68.0 Å². The van der Waals surface area contributed by atoms with Gasteiger partial charge in [0.2, 0.25) is 5.88 Å². The maximum Gasteiger partial charge on any atom is 0.259 e. The highest BCUT2D eigenvalue weighted by Gasteiger charge is 2.12. The molecule has 3 heterocycles. The van der Waals surface area contributed by atoms with Gasteiger partial charge >= 0.3 is 0 Å². The predicted octanol–water partition coefficient (Wildman–Crippen LogP) is 3.36. The average molecular weight is 285 g/mol. The van der Waals surface area contributed by atoms with Crippen molar-refractivity contribution in [2.24, 2.45) is 0 Å². The van der Waals surface area contributed by atoms with Crippen molar-refractivity contribution in [3.8, 4) is 10.6 Å². The van der Waals surface area contributed by atoms with Crippen molar-refractivity contribution in [2.45, 2.75) is 6.92 Å². The molecule has 0 spiro atoms. The Kier molecular flexibility index (Phi) is 3.30. The Morgan fingerprint density at radius 3 is 2.95 bits per heavy atom. The van der Waals surface area contributed by atoms with Crippen LogP contribution in [0, 0.1) is 6.92 Å². The molecule has 100 valence electrons. The quantitative estimate of drug-likeness (QED) is 0.801. The predicted molar refractivity (Wildman–Crippen MR) is 76.7 cm³/mol. The Balaban J connectivity index is 1.76. The molecule has 3 rings (SSSR count). The molecule has 0 bridgehead atoms. The number of aryl methyl sites for hydroxylation is 1. The number of thiophene rings is 1. The number of hydrogen-bond acceptors (Lipinski definition) is 5. The molecular formula is C14H11N3O2S. The minimum Gasteiger partial charge on any atom is -0.338 e. The van der Waals surface area contributed by atoms with Crippen molar-refractivity contribution in [1.82, 2.24) is 10.1 Å². The number of carbonyl (C=O) groups excluding carboxylic acids is 1. The number of hydrogen-bond donors (Lipinski definition) is 1. The molecule has 0 saturated carbocycles. The number of rotatable bonds is 3. The van der Waals surface area contributed by atoms with Gasteiger partial charge in [-0.3, -0.25) is 15.1 Å². The lowest BCUT2D eigenvalue weighted by Crippen LogP contribution is -2.11. The lowest BCUT2D eigenvalue weighted by atomic mass is 10.2. The Labute approximate surface area is 119 Å². The van der Waals surface area contributed by atoms with Crippen LogP contribution in [-0.2, 0) is 0 Å². The minimum atomic E-state index is -0.275. The van der Waals surface area contributed by atoms with Crippen LogP contribution in [-0.4, -0.2) is 16.0 Å². The Bertz CT molecular complexity index is 734. The van der Waals surface area contributed by atoms with E-state index < -0.39 is 0 Å². The van der Waals surface area contributed by atoms with E-state index in [4.69, 9.17) is 4.52 Å². The maximum absolute atomic E-state index is 11.9. The SMILES string of the molecule is Cc1ccc(-c2cc(NC(=O)c3cccnc3)on2)s1. The van der Waals surface area contributed by atoms with Crippen molar-refractivity contribution in [1.29, 1.82) is 0 Å². The van der Waals surface area contributed by atoms with Gasteiger partial charge in [-0.1, -0.05) is 5.16 Å². The van der Waals surface area contributed by atoms with Crippen LogP contribution in [0.1, 0.15) is 15.2 Å². The fourth-order valence-corrected chi connectivity index (χ4v) is 2.52. The number of carbonyl (C=O) groups is 1. The summed E-state index contributed by atoms with van der Waals surface area (Å²) in [6.07, 6.45) is 3.11. The summed E-state index contributed by atoms with van der Waals surface area (Å²) in [4.78, 5) is 18.0. The Morgan fingerprint density at radius 1 is 1.35 bits per heavy atom. The molecule has 0 saturated heterocycles. The second kappa shape index (κ2) is 5.26. The number of nitrogens with zero attached hydrogens (tertiary/aromatic N) is 2. The summed E-state index contributed by atoms with van der Waals surface area (Å²) in [6.45, 7) is 2.03. The van der Waals surface area contributed by atoms with E-state index in [0.29, 0.717) is 17.1 Å². The molecule has 0 fully saturated rings. The lowest BCUT2D eigenvalue weighted by Gasteiger charge is -1.99. The third-order valence-corrected chi connectivity index (χ3v) is 3.69. The van der Waals surface area contributed by atoms with Gasteiger partial charge in [-0.2, -0.15) is 0 Å². The van der Waals surface area contributed by atoms with E-state index in [1.54, 1.807) is 35.7 Å². The van der Waals surface area contributed by atoms with Crippen LogP contribution in [0.3, 0.4) is 0 Å². The fourth-order valence-electron chi connectivity index (χ4n) is 1.70. The number of amides is 1. The summed E-state index contributed by atoms with van der Waals surface area (Å²) in [6, 6.07) is 9.09. The molecule has 0 aliphatic heterocycles. The molecule has 0 aliphatic carbocycles. The van der Waals surface area contributed by atoms with Crippen LogP contribution in [0.5, 0.6) is 0 Å². The third kappa shape index (κ3) is 2.60. The molecule has 1 N–H and O–H groups in total. The molecule has 0 atom stereocenters. The number of anilines is 1. The van der Waals surface area contributed by atoms with Crippen molar-refractivity contribution < 1.29 is 9.32 Å². The van der Waals surface area contributed by atoms with E-state index in [9.17, 15) is 4.79 Å². The maximum atomic E-state index is 11.9. The third-order valence-electron chi connectivity index (χ3n) is 2.66. The van der Waals surface area contributed by atoms with E-state index >= 15 is 0 Å². The summed E-state index contributed by atoms with van der Waals surface area (Å²) in [5, 5.41) is 6.60. The normalized spacial score (nSPS) is 10.4. The van der Waals surface area contributed by atoms with Crippen LogP contribution in [0.25, 0.3) is 10.6 Å². The van der Waals surface area contributed by atoms with Gasteiger partial charge < -0.3 is 4.52 Å². The van der Waals surface area contributed by atoms with Crippen molar-refractivity contribution in [3.63, 3.8) is 0 Å². The number of nitrogens with one attached hydrogen (secondary N) is 1. The summed E-state index contributed by atoms with van der Waals surface area (Å²) >= 11 is 1.62. The molecule has 3 aromatic rings. The molecule has 0 radical (unpaired) electrons. The van der Waals surface area contributed by atoms with Gasteiger partial charge in [-0.25, -0.2) is 0 Å². The first kappa shape index (κ1) is 12.6. The highest BCUT2D eigenvalue weighted by atomic mass is 32.1. The first-order valence-corrected chi connectivity index (χ1v) is 6.79. The first-order chi connectivity index (χ1) is 9.72. The summed E-state index contributed by atoms with van der Waals surface area (Å²) < 4.78 is 5.12. The van der Waals surface area contributed by atoms with Crippen LogP contribution < -0.4 is 5.32 Å². The zero-order valence-electron chi connectivity index (χ0n) is 10.7. The van der Waals surface area contributed by atoms with E-state index in [1.165, 1.54) is 11.1 Å². The minimum absolute atomic E-state index is 0.275. The molecule has 0 aliphatic rings. The highest BCUT2D eigenvalue weighted by Crippen LogP contribution is 2.28. The second-order valence-corrected chi connectivity index (χ2v) is 5.47. The standard InChI is InChI=1S/C14H11N3O2S/c1-9-4-5-12(20-9)11-7-13(19-17-11)16-14(18)10-3-2-6-15-8-10/h2-8H,1H3,(H,16,18). The molecular weight excluding hydrogens is 274 g/mol. The van der Waals surface area contributed by atoms with Gasteiger partial charge in [0.15, 0.2) is 0 Å². The summed E-state index contributed by atoms with van der Waals surface area (Å²) in [7, 11) is 0. The largest absolute Gasteiger partial charge is 0.338 e. The molecule has 5 nitrogen and oxygen atoms in total. The van der Waals surface area contributed by atoms with Crippen molar-refractivity contribution in [2.75, 3.05) is 5.32 Å². The Morgan fingerprint density at radius 2 is 2.25 bits per heavy atom.